The van der Waals surface area contributed by atoms with Crippen LogP contribution in [-0.4, -0.2) is 26.5 Å². The van der Waals surface area contributed by atoms with Gasteiger partial charge < -0.3 is 10.1 Å². The second kappa shape index (κ2) is 7.96. The Balaban J connectivity index is 1.24. The van der Waals surface area contributed by atoms with Gasteiger partial charge in [0.25, 0.3) is 0 Å². The van der Waals surface area contributed by atoms with Crippen LogP contribution in [0.2, 0.25) is 0 Å². The highest BCUT2D eigenvalue weighted by molar-refractivity contribution is 7.97. The molecule has 1 aliphatic heterocycles. The van der Waals surface area contributed by atoms with Gasteiger partial charge in [0.15, 0.2) is 17.4 Å². The molecule has 0 radical (unpaired) electrons. The summed E-state index contributed by atoms with van der Waals surface area (Å²) in [5.41, 5.74) is 3.25. The quantitative estimate of drug-likeness (QED) is 0.415. The highest BCUT2D eigenvalue weighted by Gasteiger charge is 2.30. The first-order chi connectivity index (χ1) is 14.6. The van der Waals surface area contributed by atoms with Gasteiger partial charge >= 0.3 is 0 Å². The van der Waals surface area contributed by atoms with Crippen LogP contribution in [0.5, 0.6) is 5.75 Å². The summed E-state index contributed by atoms with van der Waals surface area (Å²) in [4.78, 5) is 0.941. The third-order valence-electron chi connectivity index (χ3n) is 5.82. The topological polar surface area (TPSA) is 90.7 Å². The number of halogens is 1. The number of aromatic amines is 2. The summed E-state index contributed by atoms with van der Waals surface area (Å²) in [5.74, 6) is 1.95. The summed E-state index contributed by atoms with van der Waals surface area (Å²) in [5, 5.41) is 17.7. The van der Waals surface area contributed by atoms with Gasteiger partial charge in [0.2, 0.25) is 0 Å². The van der Waals surface area contributed by atoms with Crippen molar-refractivity contribution in [2.45, 2.75) is 62.5 Å². The first-order valence-electron chi connectivity index (χ1n) is 10.3. The average Bonchev–Trinajstić information content (AvgIpc) is 3.51. The lowest BCUT2D eigenvalue weighted by molar-refractivity contribution is 0.205. The number of H-pyrrole nitrogens is 2. The number of rotatable bonds is 6. The summed E-state index contributed by atoms with van der Waals surface area (Å²) in [7, 11) is 0. The summed E-state index contributed by atoms with van der Waals surface area (Å²) in [6, 6.07) is 5.67. The molecule has 3 aromatic rings. The van der Waals surface area contributed by atoms with Crippen LogP contribution in [0.3, 0.4) is 0 Å². The molecule has 2 aliphatic rings. The molecular weight excluding hydrogens is 403 g/mol. The minimum absolute atomic E-state index is 0.156. The number of anilines is 2. The molecule has 1 aliphatic carbocycles. The van der Waals surface area contributed by atoms with E-state index in [1.165, 1.54) is 11.9 Å². The monoisotopic (exact) mass is 428 g/mol. The Bertz CT molecular complexity index is 1050. The third-order valence-corrected chi connectivity index (χ3v) is 6.71. The van der Waals surface area contributed by atoms with E-state index in [0.29, 0.717) is 35.4 Å². The molecule has 158 valence electrons. The molecule has 1 fully saturated rings. The number of nitrogens with one attached hydrogen (secondary N) is 4. The lowest BCUT2D eigenvalue weighted by Gasteiger charge is -2.14. The number of fused-ring (bicyclic) bond motifs is 1. The number of nitrogens with zero attached hydrogens (tertiary/aromatic N) is 2. The molecule has 7 nitrogen and oxygen atoms in total. The lowest BCUT2D eigenvalue weighted by Crippen LogP contribution is -2.13. The molecule has 30 heavy (non-hydrogen) atoms. The van der Waals surface area contributed by atoms with E-state index >= 15 is 0 Å². The van der Waals surface area contributed by atoms with E-state index in [1.54, 1.807) is 12.3 Å². The van der Waals surface area contributed by atoms with E-state index in [1.807, 2.05) is 12.1 Å². The Labute approximate surface area is 178 Å². The van der Waals surface area contributed by atoms with Crippen LogP contribution in [0.1, 0.15) is 61.9 Å². The van der Waals surface area contributed by atoms with E-state index in [0.717, 1.165) is 41.3 Å². The van der Waals surface area contributed by atoms with E-state index in [-0.39, 0.29) is 11.9 Å². The van der Waals surface area contributed by atoms with Crippen molar-refractivity contribution in [3.05, 3.63) is 47.2 Å². The number of ether oxygens (including phenoxy) is 1. The maximum Gasteiger partial charge on any atom is 0.160 e. The van der Waals surface area contributed by atoms with Gasteiger partial charge in [0, 0.05) is 34.7 Å². The summed E-state index contributed by atoms with van der Waals surface area (Å²) in [6.07, 6.45) is 4.85. The van der Waals surface area contributed by atoms with Crippen LogP contribution in [-0.2, 0) is 6.54 Å². The van der Waals surface area contributed by atoms with E-state index in [4.69, 9.17) is 4.74 Å². The Hall–Kier alpha value is -2.52. The fraction of sp³-hybridized carbons (Fsp3) is 0.429. The predicted octanol–water partition coefficient (Wildman–Crippen LogP) is 4.96. The second-order valence-corrected chi connectivity index (χ2v) is 9.15. The normalized spacial score (nSPS) is 20.7. The van der Waals surface area contributed by atoms with Gasteiger partial charge in [-0.1, -0.05) is 13.8 Å². The molecule has 9 heteroatoms. The van der Waals surface area contributed by atoms with Gasteiger partial charge in [0.05, 0.1) is 23.7 Å². The number of hydrogen-bond donors (Lipinski definition) is 4. The largest absolute Gasteiger partial charge is 0.487 e. The Morgan fingerprint density at radius 1 is 1.27 bits per heavy atom. The van der Waals surface area contributed by atoms with Gasteiger partial charge in [-0.25, -0.2) is 4.39 Å². The smallest absolute Gasteiger partial charge is 0.160 e. The third kappa shape index (κ3) is 3.67. The highest BCUT2D eigenvalue weighted by Crippen LogP contribution is 2.38. The SMILES string of the molecule is CC(C)c1[nH]ncc1OC1CCC(c2cc(Nc3ccc4c(c3F)CNS4)n[nH]2)C1. The van der Waals surface area contributed by atoms with Gasteiger partial charge in [0.1, 0.15) is 0 Å². The number of benzene rings is 1. The zero-order chi connectivity index (χ0) is 20.7. The second-order valence-electron chi connectivity index (χ2n) is 8.21. The predicted molar refractivity (Wildman–Crippen MR) is 115 cm³/mol. The van der Waals surface area contributed by atoms with Crippen molar-refractivity contribution >= 4 is 23.5 Å². The van der Waals surface area contributed by atoms with E-state index in [9.17, 15) is 4.39 Å². The van der Waals surface area contributed by atoms with Gasteiger partial charge in [-0.2, -0.15) is 10.2 Å². The molecule has 2 atom stereocenters. The maximum atomic E-state index is 14.7. The van der Waals surface area contributed by atoms with Crippen LogP contribution >= 0.6 is 11.9 Å². The van der Waals surface area contributed by atoms with Crippen molar-refractivity contribution in [2.24, 2.45) is 0 Å². The van der Waals surface area contributed by atoms with Crippen LogP contribution in [0.25, 0.3) is 0 Å². The molecule has 5 rings (SSSR count). The van der Waals surface area contributed by atoms with Gasteiger partial charge in [-0.05, 0) is 49.3 Å². The van der Waals surface area contributed by atoms with E-state index < -0.39 is 0 Å². The molecule has 0 amide bonds. The average molecular weight is 429 g/mol. The van der Waals surface area contributed by atoms with Crippen molar-refractivity contribution < 1.29 is 9.13 Å². The highest BCUT2D eigenvalue weighted by atomic mass is 32.2. The first kappa shape index (κ1) is 19.4. The van der Waals surface area contributed by atoms with Gasteiger partial charge in [-0.15, -0.1) is 0 Å². The molecule has 2 unspecified atom stereocenters. The standard InChI is InChI=1S/C21H25FN6OS/c1-11(2)21-17(10-23-28-21)29-13-4-3-12(7-13)16-8-19(27-26-16)25-15-5-6-18-14(20(15)22)9-24-30-18/h5-6,8,10-13,24H,3-4,7,9H2,1-2H3,(H,23,28)(H2,25,26,27). The molecule has 0 bridgehead atoms. The summed E-state index contributed by atoms with van der Waals surface area (Å²) in [6.45, 7) is 4.78. The fourth-order valence-corrected chi connectivity index (χ4v) is 4.99. The van der Waals surface area contributed by atoms with Crippen molar-refractivity contribution in [2.75, 3.05) is 5.32 Å². The number of hydrogen-bond acceptors (Lipinski definition) is 6. The van der Waals surface area contributed by atoms with Crippen LogP contribution in [0.15, 0.2) is 29.3 Å². The molecule has 3 heterocycles. The minimum atomic E-state index is -0.218. The minimum Gasteiger partial charge on any atom is -0.487 e. The van der Waals surface area contributed by atoms with Crippen molar-refractivity contribution in [1.82, 2.24) is 25.1 Å². The lowest BCUT2D eigenvalue weighted by atomic mass is 10.0. The molecular formula is C21H25FN6OS. The van der Waals surface area contributed by atoms with Crippen LogP contribution in [0.4, 0.5) is 15.9 Å². The molecule has 0 spiro atoms. The molecule has 1 saturated carbocycles. The van der Waals surface area contributed by atoms with E-state index in [2.05, 4.69) is 44.3 Å². The molecule has 1 aromatic carbocycles. The zero-order valence-corrected chi connectivity index (χ0v) is 17.8. The van der Waals surface area contributed by atoms with Crippen LogP contribution in [0, 0.1) is 5.82 Å². The zero-order valence-electron chi connectivity index (χ0n) is 17.0. The van der Waals surface area contributed by atoms with Crippen LogP contribution < -0.4 is 14.8 Å². The summed E-state index contributed by atoms with van der Waals surface area (Å²) >= 11 is 1.46. The summed E-state index contributed by atoms with van der Waals surface area (Å²) < 4.78 is 24.0. The number of aromatic nitrogens is 4. The molecule has 2 aromatic heterocycles. The Kier molecular flexibility index (Phi) is 5.16. The van der Waals surface area contributed by atoms with Gasteiger partial charge in [-0.3, -0.25) is 14.9 Å². The maximum absolute atomic E-state index is 14.7. The Morgan fingerprint density at radius 3 is 3.03 bits per heavy atom. The molecule has 0 saturated heterocycles. The van der Waals surface area contributed by atoms with Crippen molar-refractivity contribution in [3.63, 3.8) is 0 Å². The molecule has 4 N–H and O–H groups in total. The fourth-order valence-electron chi connectivity index (χ4n) is 4.20. The van der Waals surface area contributed by atoms with Crippen molar-refractivity contribution in [1.29, 1.82) is 0 Å². The Morgan fingerprint density at radius 2 is 2.17 bits per heavy atom. The van der Waals surface area contributed by atoms with Crippen molar-refractivity contribution in [3.8, 4) is 5.75 Å². The first-order valence-corrected chi connectivity index (χ1v) is 11.1.